The van der Waals surface area contributed by atoms with E-state index in [0.717, 1.165) is 5.56 Å². The molecule has 0 aliphatic heterocycles. The maximum absolute atomic E-state index is 14.0. The van der Waals surface area contributed by atoms with Crippen molar-refractivity contribution < 1.29 is 32.2 Å². The highest BCUT2D eigenvalue weighted by molar-refractivity contribution is 5.95. The monoisotopic (exact) mass is 583 g/mol. The standard InChI is InChI=1S/C30H32F3N5O4/c1-6-41-26(39)8-7-15-42-25-14-11-20(27(36-25)30(31,32)33)21-12-13-24-34-23(17-38(24)37-21)19-10-9-18(2)22(16-19)35-28(40)29(3,4)5/h9-14,16-17H,6-8,15H2,1-5H3,(H,35,40). The fourth-order valence-corrected chi connectivity index (χ4v) is 3.96. The van der Waals surface area contributed by atoms with E-state index < -0.39 is 23.3 Å². The normalized spacial score (nSPS) is 11.9. The number of aryl methyl sites for hydroxylation is 1. The molecule has 3 aromatic heterocycles. The van der Waals surface area contributed by atoms with Crippen molar-refractivity contribution in [3.05, 3.63) is 59.9 Å². The third-order valence-electron chi connectivity index (χ3n) is 6.28. The van der Waals surface area contributed by atoms with Gasteiger partial charge in [-0.15, -0.1) is 0 Å². The molecule has 42 heavy (non-hydrogen) atoms. The first kappa shape index (κ1) is 30.5. The van der Waals surface area contributed by atoms with Gasteiger partial charge in [0.05, 0.1) is 30.8 Å². The second-order valence-electron chi connectivity index (χ2n) is 10.7. The molecule has 12 heteroatoms. The van der Waals surface area contributed by atoms with Crippen LogP contribution in [0.4, 0.5) is 18.9 Å². The van der Waals surface area contributed by atoms with Gasteiger partial charge in [-0.2, -0.15) is 18.3 Å². The Morgan fingerprint density at radius 1 is 1.00 bits per heavy atom. The predicted molar refractivity (Wildman–Crippen MR) is 151 cm³/mol. The molecule has 0 saturated carbocycles. The number of carbonyl (C=O) groups excluding carboxylic acids is 2. The lowest BCUT2D eigenvalue weighted by Crippen LogP contribution is -2.27. The van der Waals surface area contributed by atoms with Crippen molar-refractivity contribution in [1.82, 2.24) is 19.6 Å². The van der Waals surface area contributed by atoms with E-state index in [0.29, 0.717) is 22.6 Å². The van der Waals surface area contributed by atoms with Gasteiger partial charge in [0.2, 0.25) is 11.8 Å². The number of benzene rings is 1. The minimum Gasteiger partial charge on any atom is -0.478 e. The molecule has 0 bridgehead atoms. The Morgan fingerprint density at radius 3 is 2.45 bits per heavy atom. The minimum absolute atomic E-state index is 0.00505. The lowest BCUT2D eigenvalue weighted by atomic mass is 9.95. The first-order valence-corrected chi connectivity index (χ1v) is 13.4. The number of hydrogen-bond acceptors (Lipinski definition) is 7. The molecular weight excluding hydrogens is 551 g/mol. The first-order valence-electron chi connectivity index (χ1n) is 13.4. The summed E-state index contributed by atoms with van der Waals surface area (Å²) in [4.78, 5) is 32.2. The Balaban J connectivity index is 1.60. The SMILES string of the molecule is CCOC(=O)CCCOc1ccc(-c2ccc3nc(-c4ccc(C)c(NC(=O)C(C)(C)C)c4)cn3n2)c(C(F)(F)F)n1. The van der Waals surface area contributed by atoms with Gasteiger partial charge in [-0.1, -0.05) is 32.9 Å². The molecular formula is C30H32F3N5O4. The molecule has 9 nitrogen and oxygen atoms in total. The van der Waals surface area contributed by atoms with Crippen molar-refractivity contribution >= 4 is 23.2 Å². The van der Waals surface area contributed by atoms with Crippen LogP contribution in [0.15, 0.2) is 48.7 Å². The number of alkyl halides is 3. The van der Waals surface area contributed by atoms with E-state index >= 15 is 0 Å². The largest absolute Gasteiger partial charge is 0.478 e. The molecule has 0 atom stereocenters. The van der Waals surface area contributed by atoms with Crippen LogP contribution in [-0.4, -0.2) is 44.7 Å². The molecule has 0 radical (unpaired) electrons. The Bertz CT molecular complexity index is 1610. The van der Waals surface area contributed by atoms with Gasteiger partial charge in [0.25, 0.3) is 0 Å². The van der Waals surface area contributed by atoms with Crippen molar-refractivity contribution in [3.8, 4) is 28.4 Å². The summed E-state index contributed by atoms with van der Waals surface area (Å²) in [6.45, 7) is 9.29. The number of imidazole rings is 1. The van der Waals surface area contributed by atoms with Gasteiger partial charge < -0.3 is 14.8 Å². The van der Waals surface area contributed by atoms with E-state index in [2.05, 4.69) is 20.4 Å². The second kappa shape index (κ2) is 12.2. The maximum atomic E-state index is 14.0. The number of hydrogen-bond donors (Lipinski definition) is 1. The Hall–Kier alpha value is -4.48. The fourth-order valence-electron chi connectivity index (χ4n) is 3.96. The van der Waals surface area contributed by atoms with Crippen molar-refractivity contribution in [2.45, 2.75) is 53.6 Å². The van der Waals surface area contributed by atoms with Gasteiger partial charge >= 0.3 is 12.1 Å². The molecule has 222 valence electrons. The third-order valence-corrected chi connectivity index (χ3v) is 6.28. The van der Waals surface area contributed by atoms with Crippen molar-refractivity contribution in [2.75, 3.05) is 18.5 Å². The Morgan fingerprint density at radius 2 is 1.76 bits per heavy atom. The molecule has 0 fully saturated rings. The van der Waals surface area contributed by atoms with Gasteiger partial charge in [-0.25, -0.2) is 14.5 Å². The molecule has 0 saturated heterocycles. The zero-order chi connectivity index (χ0) is 30.7. The van der Waals surface area contributed by atoms with Crippen LogP contribution in [0.1, 0.15) is 51.8 Å². The number of ether oxygens (including phenoxy) is 2. The van der Waals surface area contributed by atoms with Crippen LogP contribution in [0.25, 0.3) is 28.2 Å². The summed E-state index contributed by atoms with van der Waals surface area (Å²) in [6, 6.07) is 11.1. The lowest BCUT2D eigenvalue weighted by Gasteiger charge is -2.19. The van der Waals surface area contributed by atoms with E-state index in [4.69, 9.17) is 9.47 Å². The average Bonchev–Trinajstić information content (AvgIpc) is 3.35. The van der Waals surface area contributed by atoms with Crippen LogP contribution < -0.4 is 10.1 Å². The molecule has 3 heterocycles. The van der Waals surface area contributed by atoms with Crippen LogP contribution in [0.3, 0.4) is 0 Å². The third kappa shape index (κ3) is 7.23. The Kier molecular flexibility index (Phi) is 8.83. The molecule has 1 aromatic carbocycles. The highest BCUT2D eigenvalue weighted by atomic mass is 19.4. The molecule has 0 unspecified atom stereocenters. The number of fused-ring (bicyclic) bond motifs is 1. The number of aromatic nitrogens is 4. The molecule has 4 aromatic rings. The number of anilines is 1. The van der Waals surface area contributed by atoms with Crippen molar-refractivity contribution in [2.24, 2.45) is 5.41 Å². The predicted octanol–water partition coefficient (Wildman–Crippen LogP) is 6.49. The Labute approximate surface area is 241 Å². The average molecular weight is 584 g/mol. The summed E-state index contributed by atoms with van der Waals surface area (Å²) in [5, 5.41) is 7.32. The fraction of sp³-hybridized carbons (Fsp3) is 0.367. The summed E-state index contributed by atoms with van der Waals surface area (Å²) in [5.41, 5.74) is 1.29. The number of carbonyl (C=O) groups is 2. The lowest BCUT2D eigenvalue weighted by molar-refractivity contribution is -0.143. The molecule has 0 aliphatic carbocycles. The van der Waals surface area contributed by atoms with Crippen molar-refractivity contribution in [1.29, 1.82) is 0 Å². The number of amides is 1. The topological polar surface area (TPSA) is 108 Å². The number of rotatable bonds is 9. The zero-order valence-corrected chi connectivity index (χ0v) is 24.0. The van der Waals surface area contributed by atoms with Gasteiger partial charge in [0, 0.05) is 34.7 Å². The summed E-state index contributed by atoms with van der Waals surface area (Å²) >= 11 is 0. The highest BCUT2D eigenvalue weighted by Gasteiger charge is 2.37. The summed E-state index contributed by atoms with van der Waals surface area (Å²) in [6.07, 6.45) is -2.80. The van der Waals surface area contributed by atoms with Crippen LogP contribution in [-0.2, 0) is 20.5 Å². The summed E-state index contributed by atoms with van der Waals surface area (Å²) in [7, 11) is 0. The van der Waals surface area contributed by atoms with Crippen LogP contribution in [0.5, 0.6) is 5.88 Å². The number of pyridine rings is 1. The quantitative estimate of drug-likeness (QED) is 0.177. The first-order chi connectivity index (χ1) is 19.8. The molecule has 4 rings (SSSR count). The maximum Gasteiger partial charge on any atom is 0.434 e. The molecule has 0 spiro atoms. The van der Waals surface area contributed by atoms with Gasteiger partial charge in [0.15, 0.2) is 11.3 Å². The van der Waals surface area contributed by atoms with Gasteiger partial charge in [0.1, 0.15) is 0 Å². The molecule has 0 aliphatic rings. The number of halogens is 3. The number of esters is 1. The number of nitrogens with zero attached hydrogens (tertiary/aromatic N) is 4. The van der Waals surface area contributed by atoms with Gasteiger partial charge in [-0.05, 0) is 50.1 Å². The molecule has 1 N–H and O–H groups in total. The minimum atomic E-state index is -4.77. The van der Waals surface area contributed by atoms with E-state index in [1.165, 1.54) is 22.7 Å². The summed E-state index contributed by atoms with van der Waals surface area (Å²) in [5.74, 6) is -0.750. The van der Waals surface area contributed by atoms with Gasteiger partial charge in [-0.3, -0.25) is 9.59 Å². The van der Waals surface area contributed by atoms with Crippen LogP contribution >= 0.6 is 0 Å². The highest BCUT2D eigenvalue weighted by Crippen LogP contribution is 2.36. The van der Waals surface area contributed by atoms with E-state index in [-0.39, 0.29) is 49.1 Å². The van der Waals surface area contributed by atoms with Crippen molar-refractivity contribution in [3.63, 3.8) is 0 Å². The summed E-state index contributed by atoms with van der Waals surface area (Å²) < 4.78 is 53.6. The van der Waals surface area contributed by atoms with Crippen LogP contribution in [0, 0.1) is 12.3 Å². The van der Waals surface area contributed by atoms with E-state index in [1.54, 1.807) is 25.3 Å². The number of nitrogens with one attached hydrogen (secondary N) is 1. The second-order valence-corrected chi connectivity index (χ2v) is 10.7. The smallest absolute Gasteiger partial charge is 0.434 e. The molecule has 1 amide bonds. The van der Waals surface area contributed by atoms with E-state index in [1.807, 2.05) is 39.8 Å². The van der Waals surface area contributed by atoms with E-state index in [9.17, 15) is 22.8 Å². The van der Waals surface area contributed by atoms with Crippen LogP contribution in [0.2, 0.25) is 0 Å². The zero-order valence-electron chi connectivity index (χ0n) is 24.0.